The molecule has 0 amide bonds. The van der Waals surface area contributed by atoms with Crippen LogP contribution in [0.15, 0.2) is 16.8 Å². The van der Waals surface area contributed by atoms with E-state index in [1.807, 2.05) is 51.4 Å². The van der Waals surface area contributed by atoms with Crippen LogP contribution in [0.4, 0.5) is 0 Å². The molecule has 2 aromatic rings. The quantitative estimate of drug-likeness (QED) is 0.260. The van der Waals surface area contributed by atoms with Gasteiger partial charge in [0.25, 0.3) is 0 Å². The number of quaternary nitrogens is 1. The molecule has 7 heteroatoms. The van der Waals surface area contributed by atoms with Crippen LogP contribution >= 0.6 is 22.7 Å². The number of aryl methyl sites for hydroxylation is 2. The molecule has 0 spiro atoms. The number of esters is 1. The van der Waals surface area contributed by atoms with Gasteiger partial charge in [-0.05, 0) is 88.9 Å². The first kappa shape index (κ1) is 21.8. The number of likely N-dealkylation sites (N-methyl/N-ethyl adjacent to an activating group) is 1. The molecular formula is C28H40NO4S2+. The van der Waals surface area contributed by atoms with Crippen molar-refractivity contribution in [1.29, 1.82) is 0 Å². The molecule has 0 saturated carbocycles. The second kappa shape index (κ2) is 8.12. The maximum absolute atomic E-state index is 14.3. The summed E-state index contributed by atoms with van der Waals surface area (Å²) >= 11 is 3.01. The Morgan fingerprint density at radius 2 is 1.86 bits per heavy atom. The van der Waals surface area contributed by atoms with Crippen LogP contribution in [0.25, 0.3) is 0 Å². The number of carbonyl (C=O) groups is 1. The highest BCUT2D eigenvalue weighted by atomic mass is 32.1. The third kappa shape index (κ3) is 3.05. The first-order valence-corrected chi connectivity index (χ1v) is 14.1. The SMILES string of the molecule is [2H]C([2H])(C)[N+]1(C([2H])(C)C)C2CC(OC(=O)C(OC)(c3sccc3C)c3scc(C)c3C)CC1C1(C)OC21C. The summed E-state index contributed by atoms with van der Waals surface area (Å²) < 4.78 is 45.9. The molecule has 3 aliphatic rings. The van der Waals surface area contributed by atoms with Gasteiger partial charge in [-0.2, -0.15) is 0 Å². The third-order valence-corrected chi connectivity index (χ3v) is 11.8. The van der Waals surface area contributed by atoms with E-state index < -0.39 is 41.4 Å². The van der Waals surface area contributed by atoms with Gasteiger partial charge in [0.2, 0.25) is 5.60 Å². The van der Waals surface area contributed by atoms with Crippen molar-refractivity contribution in [2.45, 2.75) is 109 Å². The minimum absolute atomic E-state index is 0.0241. The van der Waals surface area contributed by atoms with Crippen molar-refractivity contribution >= 4 is 28.6 Å². The zero-order valence-corrected chi connectivity index (χ0v) is 23.9. The summed E-state index contributed by atoms with van der Waals surface area (Å²) in [6, 6.07) is 0.224. The fourth-order valence-electron chi connectivity index (χ4n) is 7.21. The first-order chi connectivity index (χ1) is 17.4. The lowest BCUT2D eigenvalue weighted by molar-refractivity contribution is -0.992. The standard InChI is InChI=1S/C28H40NO4S2/c1-10-29(16(2)3)21-13-20(14-22(29)27(8)26(21,7)33-27)32-25(30)28(31-9,23-17(4)11-12-34-23)24-19(6)18(5)15-35-24/h11-12,15-16,20-22H,10,13-14H2,1-9H3/q+1/i10D2,16D. The Balaban J connectivity index is 1.55. The topological polar surface area (TPSA) is 48.1 Å². The number of ether oxygens (including phenoxy) is 3. The molecule has 0 aliphatic carbocycles. The van der Waals surface area contributed by atoms with Gasteiger partial charge in [0, 0.05) is 20.0 Å². The van der Waals surface area contributed by atoms with Crippen molar-refractivity contribution < 1.29 is 27.6 Å². The monoisotopic (exact) mass is 521 g/mol. The van der Waals surface area contributed by atoms with Crippen LogP contribution in [-0.4, -0.2) is 59.5 Å². The predicted octanol–water partition coefficient (Wildman–Crippen LogP) is 5.87. The Bertz CT molecular complexity index is 1240. The van der Waals surface area contributed by atoms with Crippen LogP contribution in [0.3, 0.4) is 0 Å². The molecule has 5 atom stereocenters. The van der Waals surface area contributed by atoms with Crippen molar-refractivity contribution in [1.82, 2.24) is 0 Å². The second-order valence-corrected chi connectivity index (χ2v) is 12.8. The largest absolute Gasteiger partial charge is 0.459 e. The van der Waals surface area contributed by atoms with Gasteiger partial charge in [0.05, 0.1) is 26.4 Å². The normalized spacial score (nSPS) is 39.2. The summed E-state index contributed by atoms with van der Waals surface area (Å²) in [5, 5.41) is 4.02. The second-order valence-electron chi connectivity index (χ2n) is 11.0. The number of morpholine rings is 1. The lowest BCUT2D eigenvalue weighted by atomic mass is 9.89. The maximum Gasteiger partial charge on any atom is 0.349 e. The van der Waals surface area contributed by atoms with E-state index >= 15 is 0 Å². The van der Waals surface area contributed by atoms with Gasteiger partial charge in [-0.3, -0.25) is 0 Å². The minimum Gasteiger partial charge on any atom is -0.459 e. The zero-order chi connectivity index (χ0) is 28.3. The van der Waals surface area contributed by atoms with Crippen LogP contribution in [0.5, 0.6) is 0 Å². The first-order valence-electron chi connectivity index (χ1n) is 13.9. The lowest BCUT2D eigenvalue weighted by Crippen LogP contribution is -2.69. The number of rotatable bonds is 7. The van der Waals surface area contributed by atoms with Gasteiger partial charge >= 0.3 is 5.97 Å². The average molecular weight is 522 g/mol. The van der Waals surface area contributed by atoms with E-state index in [1.54, 1.807) is 27.9 Å². The summed E-state index contributed by atoms with van der Waals surface area (Å²) in [7, 11) is 1.57. The Morgan fingerprint density at radius 1 is 1.23 bits per heavy atom. The molecule has 3 saturated heterocycles. The summed E-state index contributed by atoms with van der Waals surface area (Å²) in [5.41, 5.74) is 0.571. The summed E-state index contributed by atoms with van der Waals surface area (Å²) in [6.07, 6.45) is 0.417. The highest BCUT2D eigenvalue weighted by Gasteiger charge is 2.87. The van der Waals surface area contributed by atoms with Gasteiger partial charge < -0.3 is 18.7 Å². The molecule has 3 fully saturated rings. The average Bonchev–Trinajstić information content (AvgIpc) is 3.04. The molecule has 3 aliphatic heterocycles. The highest BCUT2D eigenvalue weighted by molar-refractivity contribution is 7.12. The highest BCUT2D eigenvalue weighted by Crippen LogP contribution is 2.68. The smallest absolute Gasteiger partial charge is 0.349 e. The van der Waals surface area contributed by atoms with E-state index in [4.69, 9.17) is 18.3 Å². The van der Waals surface area contributed by atoms with E-state index in [1.165, 1.54) is 22.7 Å². The maximum atomic E-state index is 14.3. The fraction of sp³-hybridized carbons (Fsp3) is 0.679. The van der Waals surface area contributed by atoms with Gasteiger partial charge in [0.15, 0.2) is 11.2 Å². The number of nitrogens with zero attached hydrogens (tertiary/aromatic N) is 1. The van der Waals surface area contributed by atoms with Gasteiger partial charge in [0.1, 0.15) is 18.2 Å². The Hall–Kier alpha value is -1.25. The molecule has 2 aromatic heterocycles. The minimum atomic E-state index is -1.67. The molecule has 5 unspecified atom stereocenters. The van der Waals surface area contributed by atoms with Crippen molar-refractivity contribution in [3.8, 4) is 0 Å². The molecule has 5 heterocycles. The Morgan fingerprint density at radius 3 is 2.29 bits per heavy atom. The Kier molecular flexibility index (Phi) is 5.06. The summed E-state index contributed by atoms with van der Waals surface area (Å²) in [6.45, 7) is 13.6. The van der Waals surface area contributed by atoms with Crippen LogP contribution in [-0.2, 0) is 24.6 Å². The number of hydrogen-bond donors (Lipinski definition) is 0. The van der Waals surface area contributed by atoms with Crippen LogP contribution in [0.2, 0.25) is 0 Å². The number of thiophene rings is 2. The number of carbonyl (C=O) groups excluding carboxylic acids is 1. The molecule has 0 aromatic carbocycles. The third-order valence-electron chi connectivity index (χ3n) is 9.36. The van der Waals surface area contributed by atoms with Crippen molar-refractivity contribution in [3.63, 3.8) is 0 Å². The summed E-state index contributed by atoms with van der Waals surface area (Å²) in [4.78, 5) is 16.0. The van der Waals surface area contributed by atoms with Crippen molar-refractivity contribution in [2.75, 3.05) is 13.6 Å². The number of fused-ring (bicyclic) bond motifs is 5. The lowest BCUT2D eigenvalue weighted by Gasteiger charge is -2.54. The van der Waals surface area contributed by atoms with E-state index in [2.05, 4.69) is 0 Å². The number of piperidine rings is 1. The van der Waals surface area contributed by atoms with E-state index in [0.717, 1.165) is 26.4 Å². The molecule has 0 radical (unpaired) electrons. The van der Waals surface area contributed by atoms with Crippen LogP contribution in [0.1, 0.15) is 78.0 Å². The van der Waals surface area contributed by atoms with Gasteiger partial charge in [-0.1, -0.05) is 0 Å². The number of methoxy groups -OCH3 is 1. The molecule has 35 heavy (non-hydrogen) atoms. The zero-order valence-electron chi connectivity index (χ0n) is 25.3. The number of hydrogen-bond acceptors (Lipinski definition) is 6. The molecule has 0 N–H and O–H groups in total. The van der Waals surface area contributed by atoms with E-state index in [0.29, 0.717) is 12.8 Å². The molecule has 192 valence electrons. The van der Waals surface area contributed by atoms with Gasteiger partial charge in [-0.25, -0.2) is 4.79 Å². The fourth-order valence-corrected chi connectivity index (χ4v) is 9.62. The van der Waals surface area contributed by atoms with Gasteiger partial charge in [-0.15, -0.1) is 22.7 Å². The molecule has 2 bridgehead atoms. The summed E-state index contributed by atoms with van der Waals surface area (Å²) in [5.74, 6) is -0.436. The molecule has 5 nitrogen and oxygen atoms in total. The van der Waals surface area contributed by atoms with Crippen LogP contribution in [0, 0.1) is 20.8 Å². The molecular weight excluding hydrogens is 478 g/mol. The predicted molar refractivity (Wildman–Crippen MR) is 141 cm³/mol. The van der Waals surface area contributed by atoms with E-state index in [9.17, 15) is 4.79 Å². The van der Waals surface area contributed by atoms with Crippen molar-refractivity contribution in [3.05, 3.63) is 43.3 Å². The van der Waals surface area contributed by atoms with Crippen LogP contribution < -0.4 is 0 Å². The Labute approximate surface area is 222 Å². The molecule has 5 rings (SSSR count). The van der Waals surface area contributed by atoms with E-state index in [-0.39, 0.29) is 16.6 Å². The number of epoxide rings is 1. The van der Waals surface area contributed by atoms with Crippen molar-refractivity contribution in [2.24, 2.45) is 0 Å².